The Morgan fingerprint density at radius 2 is 1.61 bits per heavy atom. The second-order valence-electron chi connectivity index (χ2n) is 5.22. The van der Waals surface area contributed by atoms with Gasteiger partial charge >= 0.3 is 5.97 Å². The first-order valence-electron chi connectivity index (χ1n) is 7.12. The number of carbonyl (C=O) groups excluding carboxylic acids is 3. The number of aliphatic carboxylic acids is 1. The Labute approximate surface area is 133 Å². The van der Waals surface area contributed by atoms with E-state index in [4.69, 9.17) is 21.7 Å². The molecule has 10 nitrogen and oxygen atoms in total. The molecule has 10 heteroatoms. The zero-order valence-electron chi connectivity index (χ0n) is 13.1. The van der Waals surface area contributed by atoms with Crippen LogP contribution in [0.25, 0.3) is 0 Å². The summed E-state index contributed by atoms with van der Waals surface area (Å²) in [6.45, 7) is 2.74. The van der Waals surface area contributed by atoms with Crippen molar-refractivity contribution in [2.45, 2.75) is 44.8 Å². The highest BCUT2D eigenvalue weighted by Crippen LogP contribution is 2.06. The molecule has 0 aromatic carbocycles. The second-order valence-corrected chi connectivity index (χ2v) is 5.22. The van der Waals surface area contributed by atoms with E-state index in [2.05, 4.69) is 5.32 Å². The molecule has 8 N–H and O–H groups in total. The molecule has 3 amide bonds. The molecule has 0 saturated carbocycles. The number of rotatable bonds is 10. The topological polar surface area (TPSA) is 185 Å². The van der Waals surface area contributed by atoms with E-state index >= 15 is 0 Å². The smallest absolute Gasteiger partial charge is 0.328 e. The Balaban J connectivity index is 5.00. The molecule has 0 aromatic rings. The standard InChI is InChI=1S/C13H24N4O6/c1-3-6(2)10(15)12(21)16-7(4-9(14)19)11(20)17-8(5-18)13(22)23/h6-8,10,18H,3-5,15H2,1-2H3,(H2,14,19)(H,16,21)(H,17,20)(H,22,23). The number of nitrogens with one attached hydrogen (secondary N) is 2. The van der Waals surface area contributed by atoms with Crippen molar-refractivity contribution in [1.29, 1.82) is 0 Å². The van der Waals surface area contributed by atoms with Crippen molar-refractivity contribution in [3.63, 3.8) is 0 Å². The summed E-state index contributed by atoms with van der Waals surface area (Å²) in [5.41, 5.74) is 10.8. The first-order valence-corrected chi connectivity index (χ1v) is 7.12. The van der Waals surface area contributed by atoms with Gasteiger partial charge in [-0.3, -0.25) is 14.4 Å². The molecular weight excluding hydrogens is 308 g/mol. The lowest BCUT2D eigenvalue weighted by Crippen LogP contribution is -2.56. The number of amides is 3. The van der Waals surface area contributed by atoms with Gasteiger partial charge in [0.15, 0.2) is 0 Å². The quantitative estimate of drug-likeness (QED) is 0.251. The Bertz CT molecular complexity index is 456. The van der Waals surface area contributed by atoms with E-state index in [1.54, 1.807) is 6.92 Å². The van der Waals surface area contributed by atoms with E-state index in [0.717, 1.165) is 0 Å². The van der Waals surface area contributed by atoms with Gasteiger partial charge < -0.3 is 32.3 Å². The fourth-order valence-electron chi connectivity index (χ4n) is 1.65. The van der Waals surface area contributed by atoms with Gasteiger partial charge in [-0.15, -0.1) is 0 Å². The monoisotopic (exact) mass is 332 g/mol. The summed E-state index contributed by atoms with van der Waals surface area (Å²) in [7, 11) is 0. The van der Waals surface area contributed by atoms with Gasteiger partial charge in [-0.25, -0.2) is 4.79 Å². The van der Waals surface area contributed by atoms with Crippen LogP contribution in [0.5, 0.6) is 0 Å². The van der Waals surface area contributed by atoms with Gasteiger partial charge in [0.2, 0.25) is 17.7 Å². The second kappa shape index (κ2) is 9.74. The molecule has 4 unspecified atom stereocenters. The molecule has 0 saturated heterocycles. The SMILES string of the molecule is CCC(C)C(N)C(=O)NC(CC(N)=O)C(=O)NC(CO)C(=O)O. The highest BCUT2D eigenvalue weighted by molar-refractivity contribution is 5.94. The lowest BCUT2D eigenvalue weighted by molar-refractivity contribution is -0.143. The zero-order chi connectivity index (χ0) is 18.2. The molecule has 0 heterocycles. The minimum atomic E-state index is -1.56. The highest BCUT2D eigenvalue weighted by Gasteiger charge is 2.29. The third-order valence-electron chi connectivity index (χ3n) is 3.40. The van der Waals surface area contributed by atoms with E-state index in [1.807, 2.05) is 12.2 Å². The minimum Gasteiger partial charge on any atom is -0.480 e. The van der Waals surface area contributed by atoms with Gasteiger partial charge in [-0.2, -0.15) is 0 Å². The van der Waals surface area contributed by atoms with Crippen LogP contribution in [-0.4, -0.2) is 58.6 Å². The molecule has 132 valence electrons. The predicted octanol–water partition coefficient (Wildman–Crippen LogP) is -2.72. The molecular formula is C13H24N4O6. The van der Waals surface area contributed by atoms with E-state index < -0.39 is 54.8 Å². The predicted molar refractivity (Wildman–Crippen MR) is 79.8 cm³/mol. The van der Waals surface area contributed by atoms with Gasteiger partial charge in [-0.05, 0) is 5.92 Å². The largest absolute Gasteiger partial charge is 0.480 e. The summed E-state index contributed by atoms with van der Waals surface area (Å²) in [6.07, 6.45) is 0.107. The number of nitrogens with two attached hydrogens (primary N) is 2. The van der Waals surface area contributed by atoms with Crippen LogP contribution in [0.1, 0.15) is 26.7 Å². The van der Waals surface area contributed by atoms with Crippen LogP contribution in [0, 0.1) is 5.92 Å². The summed E-state index contributed by atoms with van der Waals surface area (Å²) >= 11 is 0. The van der Waals surface area contributed by atoms with Crippen molar-refractivity contribution >= 4 is 23.7 Å². The number of hydrogen-bond donors (Lipinski definition) is 6. The Morgan fingerprint density at radius 1 is 1.09 bits per heavy atom. The molecule has 0 aliphatic rings. The first-order chi connectivity index (χ1) is 10.6. The van der Waals surface area contributed by atoms with Gasteiger partial charge in [0.1, 0.15) is 12.1 Å². The van der Waals surface area contributed by atoms with Gasteiger partial charge in [0.05, 0.1) is 19.1 Å². The summed E-state index contributed by atoms with van der Waals surface area (Å²) in [5, 5.41) is 22.0. The third kappa shape index (κ3) is 7.06. The van der Waals surface area contributed by atoms with Crippen LogP contribution in [0.2, 0.25) is 0 Å². The van der Waals surface area contributed by atoms with Crippen molar-refractivity contribution < 1.29 is 29.4 Å². The lowest BCUT2D eigenvalue weighted by Gasteiger charge is -2.23. The third-order valence-corrected chi connectivity index (χ3v) is 3.40. The fourth-order valence-corrected chi connectivity index (χ4v) is 1.65. The van der Waals surface area contributed by atoms with E-state index in [-0.39, 0.29) is 5.92 Å². The van der Waals surface area contributed by atoms with Crippen LogP contribution >= 0.6 is 0 Å². The van der Waals surface area contributed by atoms with Gasteiger partial charge in [0, 0.05) is 0 Å². The minimum absolute atomic E-state index is 0.156. The summed E-state index contributed by atoms with van der Waals surface area (Å²) in [4.78, 5) is 45.8. The van der Waals surface area contributed by atoms with Crippen molar-refractivity contribution in [2.24, 2.45) is 17.4 Å². The maximum Gasteiger partial charge on any atom is 0.328 e. The Kier molecular flexibility index (Phi) is 8.81. The van der Waals surface area contributed by atoms with Crippen molar-refractivity contribution in [2.75, 3.05) is 6.61 Å². The molecule has 4 atom stereocenters. The normalized spacial score (nSPS) is 15.8. The summed E-state index contributed by atoms with van der Waals surface area (Å²) < 4.78 is 0. The van der Waals surface area contributed by atoms with Crippen molar-refractivity contribution in [3.05, 3.63) is 0 Å². The number of aliphatic hydroxyl groups is 1. The van der Waals surface area contributed by atoms with Crippen LogP contribution in [-0.2, 0) is 19.2 Å². The molecule has 0 spiro atoms. The fraction of sp³-hybridized carbons (Fsp3) is 0.692. The Hall–Kier alpha value is -2.20. The number of primary amides is 1. The maximum atomic E-state index is 12.0. The van der Waals surface area contributed by atoms with E-state index in [9.17, 15) is 19.2 Å². The molecule has 0 aromatic heterocycles. The van der Waals surface area contributed by atoms with Gasteiger partial charge in [-0.1, -0.05) is 20.3 Å². The summed E-state index contributed by atoms with van der Waals surface area (Å²) in [5.74, 6) is -4.08. The highest BCUT2D eigenvalue weighted by atomic mass is 16.4. The van der Waals surface area contributed by atoms with Crippen LogP contribution < -0.4 is 22.1 Å². The molecule has 0 rings (SSSR count). The molecule has 0 aliphatic carbocycles. The average molecular weight is 332 g/mol. The molecule has 0 fully saturated rings. The molecule has 0 radical (unpaired) electrons. The van der Waals surface area contributed by atoms with Gasteiger partial charge in [0.25, 0.3) is 0 Å². The number of aliphatic hydroxyl groups excluding tert-OH is 1. The maximum absolute atomic E-state index is 12.0. The average Bonchev–Trinajstić information content (AvgIpc) is 2.48. The molecule has 23 heavy (non-hydrogen) atoms. The number of carboxylic acid groups (broad SMARTS) is 1. The first kappa shape index (κ1) is 20.8. The summed E-state index contributed by atoms with van der Waals surface area (Å²) in [6, 6.07) is -3.82. The lowest BCUT2D eigenvalue weighted by atomic mass is 9.99. The number of carboxylic acids is 1. The van der Waals surface area contributed by atoms with E-state index in [1.165, 1.54) is 0 Å². The number of hydrogen-bond acceptors (Lipinski definition) is 6. The number of carbonyl (C=O) groups is 4. The zero-order valence-corrected chi connectivity index (χ0v) is 13.1. The molecule has 0 bridgehead atoms. The molecule has 0 aliphatic heterocycles. The Morgan fingerprint density at radius 3 is 2.00 bits per heavy atom. The van der Waals surface area contributed by atoms with Crippen LogP contribution in [0.4, 0.5) is 0 Å². The van der Waals surface area contributed by atoms with E-state index in [0.29, 0.717) is 6.42 Å². The van der Waals surface area contributed by atoms with Crippen LogP contribution in [0.15, 0.2) is 0 Å². The van der Waals surface area contributed by atoms with Crippen molar-refractivity contribution in [1.82, 2.24) is 10.6 Å². The van der Waals surface area contributed by atoms with Crippen molar-refractivity contribution in [3.8, 4) is 0 Å². The van der Waals surface area contributed by atoms with Crippen LogP contribution in [0.3, 0.4) is 0 Å².